The zero-order valence-electron chi connectivity index (χ0n) is 14.7. The first-order chi connectivity index (χ1) is 9.30. The Morgan fingerprint density at radius 2 is 1.45 bits per heavy atom. The highest BCUT2D eigenvalue weighted by Crippen LogP contribution is 2.54. The predicted molar refractivity (Wildman–Crippen MR) is 87.9 cm³/mol. The molecule has 0 bridgehead atoms. The summed E-state index contributed by atoms with van der Waals surface area (Å²) < 4.78 is 0. The van der Waals surface area contributed by atoms with Gasteiger partial charge in [0.1, 0.15) is 0 Å². The average Bonchev–Trinajstić information content (AvgIpc) is 2.51. The van der Waals surface area contributed by atoms with E-state index in [1.54, 1.807) is 0 Å². The molecule has 2 aliphatic heterocycles. The predicted octanol–water partition coefficient (Wildman–Crippen LogP) is 3.62. The van der Waals surface area contributed by atoms with Gasteiger partial charge in [-0.3, -0.25) is 0 Å². The van der Waals surface area contributed by atoms with E-state index in [4.69, 9.17) is 0 Å². The fourth-order valence-electron chi connectivity index (χ4n) is 5.95. The Labute approximate surface area is 126 Å². The number of rotatable bonds is 0. The van der Waals surface area contributed by atoms with E-state index in [-0.39, 0.29) is 0 Å². The second-order valence-corrected chi connectivity index (χ2v) is 8.17. The maximum absolute atomic E-state index is 3.77. The molecule has 2 aliphatic rings. The number of likely N-dealkylation sites (tertiary alicyclic amines) is 1. The van der Waals surface area contributed by atoms with E-state index in [0.29, 0.717) is 11.5 Å². The number of hydrogen-bond donors (Lipinski definition) is 1. The van der Waals surface area contributed by atoms with Crippen molar-refractivity contribution in [3.8, 4) is 0 Å². The van der Waals surface area contributed by atoms with E-state index < -0.39 is 0 Å². The highest BCUT2D eigenvalue weighted by atomic mass is 15.1. The minimum atomic E-state index is 0.497. The Morgan fingerprint density at radius 3 is 2.10 bits per heavy atom. The fourth-order valence-corrected chi connectivity index (χ4v) is 5.95. The van der Waals surface area contributed by atoms with Crippen LogP contribution in [-0.4, -0.2) is 37.1 Å². The van der Waals surface area contributed by atoms with Crippen molar-refractivity contribution in [1.82, 2.24) is 10.2 Å². The summed E-state index contributed by atoms with van der Waals surface area (Å²) in [5.74, 6) is 3.18. The van der Waals surface area contributed by atoms with Crippen molar-refractivity contribution in [2.24, 2.45) is 29.1 Å². The molecule has 1 N–H and O–H groups in total. The highest BCUT2D eigenvalue weighted by molar-refractivity contribution is 5.02. The van der Waals surface area contributed by atoms with E-state index in [9.17, 15) is 0 Å². The van der Waals surface area contributed by atoms with Crippen LogP contribution < -0.4 is 5.32 Å². The van der Waals surface area contributed by atoms with Crippen molar-refractivity contribution < 1.29 is 0 Å². The van der Waals surface area contributed by atoms with E-state index in [2.05, 4.69) is 58.8 Å². The average molecular weight is 280 g/mol. The summed E-state index contributed by atoms with van der Waals surface area (Å²) in [6.07, 6.45) is 2.68. The molecule has 0 aromatic heterocycles. The minimum Gasteiger partial charge on any atom is -0.314 e. The maximum atomic E-state index is 3.77. The molecule has 0 saturated carbocycles. The Kier molecular flexibility index (Phi) is 4.86. The Bertz CT molecular complexity index is 311. The molecule has 1 spiro atoms. The second kappa shape index (κ2) is 5.96. The van der Waals surface area contributed by atoms with Gasteiger partial charge in [-0.25, -0.2) is 0 Å². The van der Waals surface area contributed by atoms with Gasteiger partial charge in [-0.2, -0.15) is 0 Å². The lowest BCUT2D eigenvalue weighted by atomic mass is 9.54. The lowest BCUT2D eigenvalue weighted by Gasteiger charge is -2.51. The molecule has 2 saturated heterocycles. The highest BCUT2D eigenvalue weighted by Gasteiger charge is 2.52. The van der Waals surface area contributed by atoms with E-state index in [1.165, 1.54) is 25.9 Å². The molecule has 7 atom stereocenters. The van der Waals surface area contributed by atoms with Crippen molar-refractivity contribution in [3.05, 3.63) is 0 Å². The normalized spacial score (nSPS) is 51.8. The van der Waals surface area contributed by atoms with Crippen LogP contribution in [0, 0.1) is 29.1 Å². The van der Waals surface area contributed by atoms with Gasteiger partial charge in [0.05, 0.1) is 0 Å². The van der Waals surface area contributed by atoms with Crippen LogP contribution >= 0.6 is 0 Å². The third kappa shape index (κ3) is 2.54. The SMILES string of the molecule is CC1CC(C)C2(C(C)CN1)C(C)CC(C)N(C)CC2C. The van der Waals surface area contributed by atoms with Gasteiger partial charge in [-0.15, -0.1) is 0 Å². The minimum absolute atomic E-state index is 0.497. The van der Waals surface area contributed by atoms with Crippen LogP contribution in [0.4, 0.5) is 0 Å². The van der Waals surface area contributed by atoms with Crippen molar-refractivity contribution in [2.75, 3.05) is 20.1 Å². The zero-order chi connectivity index (χ0) is 15.1. The summed E-state index contributed by atoms with van der Waals surface area (Å²) in [5.41, 5.74) is 0.497. The van der Waals surface area contributed by atoms with Crippen LogP contribution in [0.15, 0.2) is 0 Å². The van der Waals surface area contributed by atoms with E-state index in [0.717, 1.165) is 29.7 Å². The molecule has 0 aromatic carbocycles. The molecular formula is C18H36N2. The van der Waals surface area contributed by atoms with Crippen LogP contribution in [-0.2, 0) is 0 Å². The van der Waals surface area contributed by atoms with Crippen molar-refractivity contribution >= 4 is 0 Å². The van der Waals surface area contributed by atoms with Crippen molar-refractivity contribution in [3.63, 3.8) is 0 Å². The quantitative estimate of drug-likeness (QED) is 0.729. The molecule has 2 heteroatoms. The van der Waals surface area contributed by atoms with Gasteiger partial charge < -0.3 is 10.2 Å². The summed E-state index contributed by atoms with van der Waals surface area (Å²) in [7, 11) is 2.32. The summed E-state index contributed by atoms with van der Waals surface area (Å²) in [5, 5.41) is 3.77. The molecule has 7 unspecified atom stereocenters. The molecule has 0 aromatic rings. The summed E-state index contributed by atoms with van der Waals surface area (Å²) in [4.78, 5) is 2.59. The number of hydrogen-bond acceptors (Lipinski definition) is 2. The lowest BCUT2D eigenvalue weighted by Crippen LogP contribution is -2.48. The topological polar surface area (TPSA) is 15.3 Å². The molecule has 0 amide bonds. The number of nitrogens with one attached hydrogen (secondary N) is 1. The summed E-state index contributed by atoms with van der Waals surface area (Å²) in [6, 6.07) is 1.39. The maximum Gasteiger partial charge on any atom is 0.00667 e. The second-order valence-electron chi connectivity index (χ2n) is 8.17. The first-order valence-corrected chi connectivity index (χ1v) is 8.73. The van der Waals surface area contributed by atoms with Gasteiger partial charge in [0.15, 0.2) is 0 Å². The standard InChI is InChI=1S/C18H36N2/c1-12-8-16(5)19-10-14(3)18(12)13(2)9-17(6)20(7)11-15(18)4/h12-17,19H,8-11H2,1-7H3. The van der Waals surface area contributed by atoms with E-state index in [1.807, 2.05) is 0 Å². The summed E-state index contributed by atoms with van der Waals surface area (Å²) >= 11 is 0. The molecule has 2 heterocycles. The molecule has 2 rings (SSSR count). The van der Waals surface area contributed by atoms with Gasteiger partial charge in [-0.05, 0) is 69.4 Å². The molecule has 118 valence electrons. The van der Waals surface area contributed by atoms with Crippen LogP contribution in [0.2, 0.25) is 0 Å². The lowest BCUT2D eigenvalue weighted by molar-refractivity contribution is -0.0222. The van der Waals surface area contributed by atoms with Gasteiger partial charge in [-0.1, -0.05) is 27.7 Å². The summed E-state index contributed by atoms with van der Waals surface area (Å²) in [6.45, 7) is 17.3. The van der Waals surface area contributed by atoms with Gasteiger partial charge >= 0.3 is 0 Å². The van der Waals surface area contributed by atoms with Crippen LogP contribution in [0.1, 0.15) is 54.4 Å². The molecule has 2 fully saturated rings. The van der Waals surface area contributed by atoms with Gasteiger partial charge in [0.2, 0.25) is 0 Å². The van der Waals surface area contributed by atoms with Gasteiger partial charge in [0, 0.05) is 18.6 Å². The molecule has 20 heavy (non-hydrogen) atoms. The zero-order valence-corrected chi connectivity index (χ0v) is 14.7. The molecule has 2 nitrogen and oxygen atoms in total. The first kappa shape index (κ1) is 16.3. The van der Waals surface area contributed by atoms with Gasteiger partial charge in [0.25, 0.3) is 0 Å². The van der Waals surface area contributed by atoms with E-state index >= 15 is 0 Å². The molecule has 0 radical (unpaired) electrons. The number of nitrogens with zero attached hydrogens (tertiary/aromatic N) is 1. The monoisotopic (exact) mass is 280 g/mol. The van der Waals surface area contributed by atoms with Crippen LogP contribution in [0.25, 0.3) is 0 Å². The fraction of sp³-hybridized carbons (Fsp3) is 1.00. The van der Waals surface area contributed by atoms with Crippen LogP contribution in [0.5, 0.6) is 0 Å². The Morgan fingerprint density at radius 1 is 0.850 bits per heavy atom. The molecule has 0 aliphatic carbocycles. The largest absolute Gasteiger partial charge is 0.314 e. The third-order valence-corrected chi connectivity index (χ3v) is 6.90. The van der Waals surface area contributed by atoms with Crippen LogP contribution in [0.3, 0.4) is 0 Å². The Hall–Kier alpha value is -0.0800. The third-order valence-electron chi connectivity index (χ3n) is 6.90. The van der Waals surface area contributed by atoms with Crippen molar-refractivity contribution in [2.45, 2.75) is 66.5 Å². The van der Waals surface area contributed by atoms with Crippen molar-refractivity contribution in [1.29, 1.82) is 0 Å². The Balaban J connectivity index is 2.41. The first-order valence-electron chi connectivity index (χ1n) is 8.73. The molecular weight excluding hydrogens is 244 g/mol. The smallest absolute Gasteiger partial charge is 0.00667 e.